The highest BCUT2D eigenvalue weighted by molar-refractivity contribution is 6.36. The van der Waals surface area contributed by atoms with E-state index in [1.165, 1.54) is 0 Å². The van der Waals surface area contributed by atoms with Gasteiger partial charge in [0.1, 0.15) is 5.60 Å². The molecule has 0 aromatic heterocycles. The number of carbonyl (C=O) groups is 2. The zero-order chi connectivity index (χ0) is 20.4. The number of ether oxygens (including phenoxy) is 2. The maximum atomic E-state index is 12.4. The number of oxime groups is 1. The van der Waals surface area contributed by atoms with Crippen LogP contribution >= 0.6 is 0 Å². The Morgan fingerprint density at radius 3 is 2.39 bits per heavy atom. The molecule has 1 spiro atoms. The smallest absolute Gasteiger partial charge is 0.410 e. The standard InChI is InChI=1S/C20H33N3O5/c1-5-26-16(24)15-14-20(17(28-21-15)22-10-6-7-11-22)8-12-23(13-9-20)18(25)27-19(2,3)4/h17H,5-14H2,1-4H3. The molecule has 2 saturated heterocycles. The normalized spacial score (nSPS) is 25.2. The number of piperidine rings is 1. The lowest BCUT2D eigenvalue weighted by Crippen LogP contribution is -2.57. The highest BCUT2D eigenvalue weighted by Crippen LogP contribution is 2.45. The van der Waals surface area contributed by atoms with Gasteiger partial charge in [0.05, 0.1) is 6.61 Å². The van der Waals surface area contributed by atoms with Gasteiger partial charge in [-0.2, -0.15) is 0 Å². The van der Waals surface area contributed by atoms with E-state index in [1.54, 1.807) is 11.8 Å². The molecule has 3 rings (SSSR count). The van der Waals surface area contributed by atoms with Gasteiger partial charge in [-0.3, -0.25) is 4.90 Å². The van der Waals surface area contributed by atoms with Crippen molar-refractivity contribution in [2.45, 2.75) is 71.6 Å². The Balaban J connectivity index is 1.73. The molecule has 3 aliphatic heterocycles. The molecule has 0 bridgehead atoms. The summed E-state index contributed by atoms with van der Waals surface area (Å²) in [5.74, 6) is -0.406. The summed E-state index contributed by atoms with van der Waals surface area (Å²) in [5.41, 5.74) is -0.405. The summed E-state index contributed by atoms with van der Waals surface area (Å²) in [6.45, 7) is 10.8. The van der Waals surface area contributed by atoms with Gasteiger partial charge in [0, 0.05) is 38.0 Å². The third-order valence-electron chi connectivity index (χ3n) is 5.70. The molecule has 2 fully saturated rings. The van der Waals surface area contributed by atoms with Crippen molar-refractivity contribution in [3.8, 4) is 0 Å². The van der Waals surface area contributed by atoms with E-state index in [1.807, 2.05) is 20.8 Å². The molecule has 158 valence electrons. The van der Waals surface area contributed by atoms with Crippen LogP contribution in [-0.4, -0.2) is 72.2 Å². The fourth-order valence-electron chi connectivity index (χ4n) is 4.32. The number of nitrogens with zero attached hydrogens (tertiary/aromatic N) is 3. The van der Waals surface area contributed by atoms with Crippen molar-refractivity contribution >= 4 is 17.8 Å². The first kappa shape index (κ1) is 20.9. The fraction of sp³-hybridized carbons (Fsp3) is 0.850. The number of amides is 1. The van der Waals surface area contributed by atoms with Crippen LogP contribution in [0.25, 0.3) is 0 Å². The van der Waals surface area contributed by atoms with E-state index in [9.17, 15) is 9.59 Å². The first-order chi connectivity index (χ1) is 13.2. The third kappa shape index (κ3) is 4.59. The van der Waals surface area contributed by atoms with E-state index in [2.05, 4.69) is 10.1 Å². The lowest BCUT2D eigenvalue weighted by molar-refractivity contribution is -0.158. The molecule has 1 unspecified atom stereocenters. The van der Waals surface area contributed by atoms with Gasteiger partial charge in [-0.25, -0.2) is 9.59 Å². The summed E-state index contributed by atoms with van der Waals surface area (Å²) in [6.07, 6.45) is 3.86. The van der Waals surface area contributed by atoms with Crippen LogP contribution in [0.3, 0.4) is 0 Å². The fourth-order valence-corrected chi connectivity index (χ4v) is 4.32. The van der Waals surface area contributed by atoms with E-state index < -0.39 is 11.6 Å². The van der Waals surface area contributed by atoms with Crippen molar-refractivity contribution < 1.29 is 23.9 Å². The summed E-state index contributed by atoms with van der Waals surface area (Å²) in [6, 6.07) is 0. The van der Waals surface area contributed by atoms with Crippen LogP contribution in [0.2, 0.25) is 0 Å². The number of hydrogen-bond donors (Lipinski definition) is 0. The number of likely N-dealkylation sites (tertiary alicyclic amines) is 2. The van der Waals surface area contributed by atoms with Gasteiger partial charge in [0.2, 0.25) is 0 Å². The summed E-state index contributed by atoms with van der Waals surface area (Å²) < 4.78 is 10.7. The topological polar surface area (TPSA) is 80.7 Å². The number of hydrogen-bond acceptors (Lipinski definition) is 7. The van der Waals surface area contributed by atoms with Crippen LogP contribution in [0.15, 0.2) is 5.16 Å². The van der Waals surface area contributed by atoms with Gasteiger partial charge in [-0.05, 0) is 53.4 Å². The average molecular weight is 396 g/mol. The van der Waals surface area contributed by atoms with Gasteiger partial charge in [-0.15, -0.1) is 0 Å². The number of rotatable bonds is 3. The molecule has 0 aromatic carbocycles. The van der Waals surface area contributed by atoms with Crippen molar-refractivity contribution in [3.63, 3.8) is 0 Å². The minimum absolute atomic E-state index is 0.158. The molecule has 0 N–H and O–H groups in total. The van der Waals surface area contributed by atoms with E-state index in [0.29, 0.717) is 31.8 Å². The maximum Gasteiger partial charge on any atom is 0.410 e. The van der Waals surface area contributed by atoms with Crippen molar-refractivity contribution in [2.75, 3.05) is 32.8 Å². The molecule has 8 heteroatoms. The highest BCUT2D eigenvalue weighted by Gasteiger charge is 2.51. The minimum atomic E-state index is -0.512. The Hall–Kier alpha value is -1.83. The molecule has 8 nitrogen and oxygen atoms in total. The molecule has 0 aliphatic carbocycles. The Kier molecular flexibility index (Phi) is 6.17. The number of carbonyl (C=O) groups excluding carboxylic acids is 2. The van der Waals surface area contributed by atoms with Crippen LogP contribution in [0.4, 0.5) is 4.79 Å². The van der Waals surface area contributed by atoms with Crippen LogP contribution in [-0.2, 0) is 19.1 Å². The van der Waals surface area contributed by atoms with Gasteiger partial charge < -0.3 is 19.2 Å². The van der Waals surface area contributed by atoms with Gasteiger partial charge in [0.15, 0.2) is 11.9 Å². The zero-order valence-corrected chi connectivity index (χ0v) is 17.5. The predicted molar refractivity (Wildman–Crippen MR) is 104 cm³/mol. The van der Waals surface area contributed by atoms with Crippen molar-refractivity contribution in [3.05, 3.63) is 0 Å². The van der Waals surface area contributed by atoms with Gasteiger partial charge in [-0.1, -0.05) is 5.16 Å². The van der Waals surface area contributed by atoms with Crippen LogP contribution in [0.1, 0.15) is 59.8 Å². The summed E-state index contributed by atoms with van der Waals surface area (Å²) in [7, 11) is 0. The van der Waals surface area contributed by atoms with Gasteiger partial charge in [0.25, 0.3) is 0 Å². The quantitative estimate of drug-likeness (QED) is 0.684. The monoisotopic (exact) mass is 395 g/mol. The molecule has 0 aromatic rings. The lowest BCUT2D eigenvalue weighted by Gasteiger charge is -2.49. The SMILES string of the molecule is CCOC(=O)C1=NOC(N2CCCC2)C2(CCN(C(=O)OC(C)(C)C)CC2)C1. The summed E-state index contributed by atoms with van der Waals surface area (Å²) in [4.78, 5) is 34.7. The van der Waals surface area contributed by atoms with Crippen LogP contribution in [0, 0.1) is 5.41 Å². The molecular weight excluding hydrogens is 362 g/mol. The molecule has 28 heavy (non-hydrogen) atoms. The Morgan fingerprint density at radius 1 is 1.18 bits per heavy atom. The second-order valence-electron chi connectivity index (χ2n) is 8.97. The lowest BCUT2D eigenvalue weighted by atomic mass is 9.71. The Labute approximate surface area is 167 Å². The third-order valence-corrected chi connectivity index (χ3v) is 5.70. The van der Waals surface area contributed by atoms with Crippen LogP contribution < -0.4 is 0 Å². The van der Waals surface area contributed by atoms with E-state index >= 15 is 0 Å². The maximum absolute atomic E-state index is 12.4. The average Bonchev–Trinajstić information content (AvgIpc) is 3.15. The predicted octanol–water partition coefficient (Wildman–Crippen LogP) is 2.77. The zero-order valence-electron chi connectivity index (χ0n) is 17.5. The number of esters is 1. The summed E-state index contributed by atoms with van der Waals surface area (Å²) in [5, 5.41) is 4.12. The van der Waals surface area contributed by atoms with Crippen molar-refractivity contribution in [2.24, 2.45) is 10.6 Å². The summed E-state index contributed by atoms with van der Waals surface area (Å²) >= 11 is 0. The second kappa shape index (κ2) is 8.27. The minimum Gasteiger partial charge on any atom is -0.461 e. The molecule has 3 aliphatic rings. The Morgan fingerprint density at radius 2 is 1.82 bits per heavy atom. The molecular formula is C20H33N3O5. The van der Waals surface area contributed by atoms with E-state index in [0.717, 1.165) is 38.8 Å². The molecule has 1 atom stereocenters. The molecule has 0 radical (unpaired) electrons. The Bertz CT molecular complexity index is 614. The largest absolute Gasteiger partial charge is 0.461 e. The van der Waals surface area contributed by atoms with Crippen molar-refractivity contribution in [1.29, 1.82) is 0 Å². The van der Waals surface area contributed by atoms with E-state index in [-0.39, 0.29) is 17.7 Å². The molecule has 3 heterocycles. The molecule has 0 saturated carbocycles. The second-order valence-corrected chi connectivity index (χ2v) is 8.97. The van der Waals surface area contributed by atoms with E-state index in [4.69, 9.17) is 14.3 Å². The first-order valence-electron chi connectivity index (χ1n) is 10.4. The van der Waals surface area contributed by atoms with Gasteiger partial charge >= 0.3 is 12.1 Å². The van der Waals surface area contributed by atoms with Crippen molar-refractivity contribution in [1.82, 2.24) is 9.80 Å². The van der Waals surface area contributed by atoms with Crippen LogP contribution in [0.5, 0.6) is 0 Å². The molecule has 1 amide bonds. The first-order valence-corrected chi connectivity index (χ1v) is 10.4. The highest BCUT2D eigenvalue weighted by atomic mass is 16.7.